The number of fused-ring (bicyclic) bond motifs is 1. The van der Waals surface area contributed by atoms with Crippen molar-refractivity contribution in [1.29, 1.82) is 0 Å². The predicted octanol–water partition coefficient (Wildman–Crippen LogP) is 0.711. The highest BCUT2D eigenvalue weighted by molar-refractivity contribution is 5.45. The Hall–Kier alpha value is -1.26. The lowest BCUT2D eigenvalue weighted by atomic mass is 9.89. The van der Waals surface area contributed by atoms with E-state index in [2.05, 4.69) is 11.4 Å². The van der Waals surface area contributed by atoms with E-state index in [4.69, 9.17) is 9.47 Å². The standard InChI is InChI=1S/C12H15NO3/c14-6-9-4-13-5-10(9)8-1-2-11-12(3-8)16-7-15-11/h1-3,9-10,13-14H,4-7H2/t9-,10+/m0/s1. The number of rotatable bonds is 2. The molecule has 0 amide bonds. The second-order valence-electron chi connectivity index (χ2n) is 4.32. The van der Waals surface area contributed by atoms with Gasteiger partial charge < -0.3 is 19.9 Å². The normalized spacial score (nSPS) is 27.3. The third kappa shape index (κ3) is 1.54. The maximum Gasteiger partial charge on any atom is 0.231 e. The summed E-state index contributed by atoms with van der Waals surface area (Å²) in [4.78, 5) is 0. The average molecular weight is 221 g/mol. The van der Waals surface area contributed by atoms with E-state index in [1.165, 1.54) is 5.56 Å². The summed E-state index contributed by atoms with van der Waals surface area (Å²) in [5.74, 6) is 2.32. The van der Waals surface area contributed by atoms with E-state index in [9.17, 15) is 5.11 Å². The van der Waals surface area contributed by atoms with Crippen molar-refractivity contribution in [1.82, 2.24) is 5.32 Å². The first-order valence-corrected chi connectivity index (χ1v) is 5.59. The van der Waals surface area contributed by atoms with Gasteiger partial charge in [-0.3, -0.25) is 0 Å². The van der Waals surface area contributed by atoms with Gasteiger partial charge in [0.25, 0.3) is 0 Å². The molecule has 1 aromatic rings. The van der Waals surface area contributed by atoms with Gasteiger partial charge in [-0.25, -0.2) is 0 Å². The fourth-order valence-corrected chi connectivity index (χ4v) is 2.46. The van der Waals surface area contributed by atoms with Gasteiger partial charge in [-0.15, -0.1) is 0 Å². The van der Waals surface area contributed by atoms with Crippen molar-refractivity contribution in [3.63, 3.8) is 0 Å². The molecular formula is C12H15NO3. The number of benzene rings is 1. The molecular weight excluding hydrogens is 206 g/mol. The number of ether oxygens (including phenoxy) is 2. The van der Waals surface area contributed by atoms with Crippen molar-refractivity contribution < 1.29 is 14.6 Å². The van der Waals surface area contributed by atoms with Crippen LogP contribution in [0, 0.1) is 5.92 Å². The Morgan fingerprint density at radius 1 is 1.25 bits per heavy atom. The van der Waals surface area contributed by atoms with Gasteiger partial charge in [0.2, 0.25) is 6.79 Å². The highest BCUT2D eigenvalue weighted by atomic mass is 16.7. The largest absolute Gasteiger partial charge is 0.454 e. The van der Waals surface area contributed by atoms with E-state index >= 15 is 0 Å². The van der Waals surface area contributed by atoms with Crippen LogP contribution in [0.4, 0.5) is 0 Å². The maximum absolute atomic E-state index is 9.30. The fraction of sp³-hybridized carbons (Fsp3) is 0.500. The van der Waals surface area contributed by atoms with E-state index in [-0.39, 0.29) is 6.61 Å². The molecule has 2 aliphatic rings. The van der Waals surface area contributed by atoms with Gasteiger partial charge in [-0.05, 0) is 17.7 Å². The van der Waals surface area contributed by atoms with Crippen LogP contribution in [0.5, 0.6) is 11.5 Å². The van der Waals surface area contributed by atoms with Gasteiger partial charge in [0.15, 0.2) is 11.5 Å². The molecule has 4 nitrogen and oxygen atoms in total. The first-order valence-electron chi connectivity index (χ1n) is 5.59. The summed E-state index contributed by atoms with van der Waals surface area (Å²) in [6.07, 6.45) is 0. The number of aliphatic hydroxyl groups is 1. The summed E-state index contributed by atoms with van der Waals surface area (Å²) in [6.45, 7) is 2.34. The predicted molar refractivity (Wildman–Crippen MR) is 58.8 cm³/mol. The van der Waals surface area contributed by atoms with Crippen LogP contribution in [-0.4, -0.2) is 31.6 Å². The molecule has 2 atom stereocenters. The Kier molecular flexibility index (Phi) is 2.46. The second kappa shape index (κ2) is 3.96. The first-order chi connectivity index (χ1) is 7.88. The lowest BCUT2D eigenvalue weighted by Gasteiger charge is -2.16. The summed E-state index contributed by atoms with van der Waals surface area (Å²) < 4.78 is 10.6. The van der Waals surface area contributed by atoms with E-state index < -0.39 is 0 Å². The van der Waals surface area contributed by atoms with Crippen molar-refractivity contribution in [3.05, 3.63) is 23.8 Å². The molecule has 86 valence electrons. The number of hydrogen-bond donors (Lipinski definition) is 2. The minimum Gasteiger partial charge on any atom is -0.454 e. The molecule has 0 saturated carbocycles. The molecule has 0 aromatic heterocycles. The quantitative estimate of drug-likeness (QED) is 0.772. The molecule has 2 aliphatic heterocycles. The molecule has 3 rings (SSSR count). The highest BCUT2D eigenvalue weighted by Crippen LogP contribution is 2.37. The molecule has 2 N–H and O–H groups in total. The third-order valence-electron chi connectivity index (χ3n) is 3.40. The van der Waals surface area contributed by atoms with E-state index in [0.717, 1.165) is 24.6 Å². The molecule has 2 heterocycles. The molecule has 0 unspecified atom stereocenters. The molecule has 0 bridgehead atoms. The van der Waals surface area contributed by atoms with Crippen molar-refractivity contribution in [3.8, 4) is 11.5 Å². The Bertz CT molecular complexity index is 394. The van der Waals surface area contributed by atoms with Crippen LogP contribution < -0.4 is 14.8 Å². The maximum atomic E-state index is 9.30. The summed E-state index contributed by atoms with van der Waals surface area (Å²) in [6, 6.07) is 6.04. The minimum absolute atomic E-state index is 0.228. The second-order valence-corrected chi connectivity index (χ2v) is 4.32. The van der Waals surface area contributed by atoms with Crippen molar-refractivity contribution in [2.75, 3.05) is 26.5 Å². The zero-order valence-corrected chi connectivity index (χ0v) is 8.98. The van der Waals surface area contributed by atoms with Crippen molar-refractivity contribution in [2.24, 2.45) is 5.92 Å². The van der Waals surface area contributed by atoms with Crippen molar-refractivity contribution in [2.45, 2.75) is 5.92 Å². The molecule has 1 aromatic carbocycles. The number of aliphatic hydroxyl groups excluding tert-OH is 1. The topological polar surface area (TPSA) is 50.7 Å². The van der Waals surface area contributed by atoms with Crippen LogP contribution in [-0.2, 0) is 0 Å². The molecule has 1 saturated heterocycles. The third-order valence-corrected chi connectivity index (χ3v) is 3.40. The van der Waals surface area contributed by atoms with E-state index in [0.29, 0.717) is 18.6 Å². The molecule has 1 fully saturated rings. The van der Waals surface area contributed by atoms with Gasteiger partial charge in [0.1, 0.15) is 0 Å². The first kappa shape index (κ1) is 9.93. The Labute approximate surface area is 94.2 Å². The average Bonchev–Trinajstić information content (AvgIpc) is 2.96. The Balaban J connectivity index is 1.89. The summed E-state index contributed by atoms with van der Waals surface area (Å²) >= 11 is 0. The van der Waals surface area contributed by atoms with Crippen molar-refractivity contribution >= 4 is 0 Å². The zero-order valence-electron chi connectivity index (χ0n) is 8.98. The summed E-state index contributed by atoms with van der Waals surface area (Å²) in [7, 11) is 0. The number of nitrogens with one attached hydrogen (secondary N) is 1. The van der Waals surface area contributed by atoms with Crippen LogP contribution in [0.25, 0.3) is 0 Å². The molecule has 0 aliphatic carbocycles. The Morgan fingerprint density at radius 3 is 3.00 bits per heavy atom. The summed E-state index contributed by atoms with van der Waals surface area (Å²) in [5.41, 5.74) is 1.22. The molecule has 4 heteroatoms. The van der Waals surface area contributed by atoms with Crippen LogP contribution in [0.1, 0.15) is 11.5 Å². The van der Waals surface area contributed by atoms with Crippen LogP contribution in [0.15, 0.2) is 18.2 Å². The van der Waals surface area contributed by atoms with Gasteiger partial charge in [0.05, 0.1) is 0 Å². The van der Waals surface area contributed by atoms with E-state index in [1.54, 1.807) is 0 Å². The smallest absolute Gasteiger partial charge is 0.231 e. The fourth-order valence-electron chi connectivity index (χ4n) is 2.46. The molecule has 0 spiro atoms. The lowest BCUT2D eigenvalue weighted by Crippen LogP contribution is -2.14. The van der Waals surface area contributed by atoms with E-state index in [1.807, 2.05) is 12.1 Å². The lowest BCUT2D eigenvalue weighted by molar-refractivity contribution is 0.174. The molecule has 16 heavy (non-hydrogen) atoms. The molecule has 0 radical (unpaired) electrons. The van der Waals surface area contributed by atoms with Gasteiger partial charge in [-0.1, -0.05) is 6.07 Å². The minimum atomic E-state index is 0.228. The Morgan fingerprint density at radius 2 is 2.12 bits per heavy atom. The SMILES string of the molecule is OC[C@@H]1CNC[C@@H]1c1ccc2c(c1)OCO2. The zero-order chi connectivity index (χ0) is 11.0. The van der Waals surface area contributed by atoms with Crippen LogP contribution >= 0.6 is 0 Å². The van der Waals surface area contributed by atoms with Gasteiger partial charge >= 0.3 is 0 Å². The van der Waals surface area contributed by atoms with Gasteiger partial charge in [0, 0.05) is 31.5 Å². The highest BCUT2D eigenvalue weighted by Gasteiger charge is 2.28. The van der Waals surface area contributed by atoms with Crippen LogP contribution in [0.2, 0.25) is 0 Å². The van der Waals surface area contributed by atoms with Gasteiger partial charge in [-0.2, -0.15) is 0 Å². The summed E-state index contributed by atoms with van der Waals surface area (Å²) in [5, 5.41) is 12.6. The van der Waals surface area contributed by atoms with Crippen LogP contribution in [0.3, 0.4) is 0 Å². The monoisotopic (exact) mass is 221 g/mol. The number of hydrogen-bond acceptors (Lipinski definition) is 4.